The first-order valence-corrected chi connectivity index (χ1v) is 12.9. The van der Waals surface area contributed by atoms with E-state index in [9.17, 15) is 9.59 Å². The van der Waals surface area contributed by atoms with Crippen molar-refractivity contribution in [1.29, 1.82) is 0 Å². The third-order valence-electron chi connectivity index (χ3n) is 5.63. The van der Waals surface area contributed by atoms with Gasteiger partial charge in [0.05, 0.1) is 18.8 Å². The number of carbonyl (C=O) groups excluding carboxylic acids is 2. The number of rotatable bonds is 10. The van der Waals surface area contributed by atoms with Gasteiger partial charge in [-0.15, -0.1) is 21.5 Å². The van der Waals surface area contributed by atoms with Crippen LogP contribution in [-0.2, 0) is 16.1 Å². The summed E-state index contributed by atoms with van der Waals surface area (Å²) in [5, 5.41) is 14.6. The second-order valence-corrected chi connectivity index (χ2v) is 9.96. The van der Waals surface area contributed by atoms with Crippen LogP contribution in [0.15, 0.2) is 22.7 Å². The van der Waals surface area contributed by atoms with Gasteiger partial charge in [0, 0.05) is 30.6 Å². The van der Waals surface area contributed by atoms with E-state index < -0.39 is 0 Å². The number of piperidine rings is 1. The van der Waals surface area contributed by atoms with E-state index in [2.05, 4.69) is 25.0 Å². The third-order valence-corrected chi connectivity index (χ3v) is 7.44. The molecule has 0 spiro atoms. The van der Waals surface area contributed by atoms with Gasteiger partial charge in [-0.25, -0.2) is 0 Å². The van der Waals surface area contributed by atoms with Crippen molar-refractivity contribution in [1.82, 2.24) is 25.0 Å². The lowest BCUT2D eigenvalue weighted by atomic mass is 10.1. The van der Waals surface area contributed by atoms with Crippen LogP contribution >= 0.6 is 23.1 Å². The molecular weight excluding hydrogens is 432 g/mol. The molecule has 10 heteroatoms. The zero-order valence-electron chi connectivity index (χ0n) is 18.0. The van der Waals surface area contributed by atoms with Crippen molar-refractivity contribution in [2.45, 2.75) is 56.8 Å². The van der Waals surface area contributed by atoms with Crippen LogP contribution in [0.2, 0.25) is 0 Å². The molecule has 0 atom stereocenters. The first-order valence-electron chi connectivity index (χ1n) is 11.0. The van der Waals surface area contributed by atoms with Gasteiger partial charge in [0.1, 0.15) is 0 Å². The second-order valence-electron chi connectivity index (χ2n) is 7.98. The molecule has 168 valence electrons. The van der Waals surface area contributed by atoms with Crippen LogP contribution in [-0.4, -0.2) is 63.4 Å². The fourth-order valence-electron chi connectivity index (χ4n) is 3.75. The summed E-state index contributed by atoms with van der Waals surface area (Å²) in [6, 6.07) is 4.40. The maximum atomic E-state index is 12.8. The van der Waals surface area contributed by atoms with Gasteiger partial charge < -0.3 is 15.1 Å². The molecule has 2 aromatic heterocycles. The van der Waals surface area contributed by atoms with E-state index in [1.807, 2.05) is 24.4 Å². The predicted molar refractivity (Wildman–Crippen MR) is 124 cm³/mol. The van der Waals surface area contributed by atoms with Crippen LogP contribution in [0, 0.1) is 0 Å². The monoisotopic (exact) mass is 462 g/mol. The van der Waals surface area contributed by atoms with Crippen molar-refractivity contribution in [3.8, 4) is 0 Å². The lowest BCUT2D eigenvalue weighted by molar-refractivity contribution is -0.133. The maximum absolute atomic E-state index is 12.8. The molecule has 0 unspecified atom stereocenters. The summed E-state index contributed by atoms with van der Waals surface area (Å²) in [4.78, 5) is 30.1. The zero-order chi connectivity index (χ0) is 21.6. The molecule has 0 radical (unpaired) electrons. The van der Waals surface area contributed by atoms with Crippen LogP contribution in [0.3, 0.4) is 0 Å². The van der Waals surface area contributed by atoms with Gasteiger partial charge in [0.2, 0.25) is 17.8 Å². The fraction of sp³-hybridized carbons (Fsp3) is 0.619. The average Bonchev–Trinajstić information content (AvgIpc) is 3.32. The van der Waals surface area contributed by atoms with Gasteiger partial charge >= 0.3 is 0 Å². The summed E-state index contributed by atoms with van der Waals surface area (Å²) in [5.41, 5.74) is 0. The molecule has 1 saturated carbocycles. The van der Waals surface area contributed by atoms with Gasteiger partial charge in [-0.3, -0.25) is 14.2 Å². The molecule has 31 heavy (non-hydrogen) atoms. The third kappa shape index (κ3) is 5.79. The minimum atomic E-state index is -0.137. The summed E-state index contributed by atoms with van der Waals surface area (Å²) in [5.74, 6) is 1.03. The van der Waals surface area contributed by atoms with E-state index in [4.69, 9.17) is 0 Å². The highest BCUT2D eigenvalue weighted by molar-refractivity contribution is 7.99. The molecular formula is C21H30N6O2S2. The number of likely N-dealkylation sites (N-methyl/N-ethyl adjacent to an activating group) is 1. The summed E-state index contributed by atoms with van der Waals surface area (Å²) < 4.78 is 2.23. The molecule has 3 heterocycles. The Balaban J connectivity index is 1.31. The Kier molecular flexibility index (Phi) is 7.49. The van der Waals surface area contributed by atoms with Crippen molar-refractivity contribution in [2.24, 2.45) is 0 Å². The molecule has 0 bridgehead atoms. The Bertz CT molecular complexity index is 875. The van der Waals surface area contributed by atoms with E-state index in [-0.39, 0.29) is 24.1 Å². The number of carbonyl (C=O) groups is 2. The molecule has 1 N–H and O–H groups in total. The SMILES string of the molecule is CCN(CC(=O)NCc1cccs1)C(=O)CSc1nnc(N2CCCCC2)n1C1CC1. The highest BCUT2D eigenvalue weighted by Gasteiger charge is 2.32. The number of hydrogen-bond donors (Lipinski definition) is 1. The highest BCUT2D eigenvalue weighted by Crippen LogP contribution is 2.41. The molecule has 1 saturated heterocycles. The largest absolute Gasteiger partial charge is 0.350 e. The Morgan fingerprint density at radius 1 is 1.26 bits per heavy atom. The van der Waals surface area contributed by atoms with Crippen LogP contribution in [0.25, 0.3) is 0 Å². The number of nitrogens with zero attached hydrogens (tertiary/aromatic N) is 5. The molecule has 0 aromatic carbocycles. The Labute approximate surface area is 191 Å². The number of nitrogens with one attached hydrogen (secondary N) is 1. The Morgan fingerprint density at radius 2 is 2.06 bits per heavy atom. The van der Waals surface area contributed by atoms with Crippen LogP contribution < -0.4 is 10.2 Å². The molecule has 4 rings (SSSR count). The Morgan fingerprint density at radius 3 is 2.74 bits per heavy atom. The van der Waals surface area contributed by atoms with Crippen LogP contribution in [0.1, 0.15) is 49.9 Å². The number of aromatic nitrogens is 3. The molecule has 8 nitrogen and oxygen atoms in total. The zero-order valence-corrected chi connectivity index (χ0v) is 19.6. The van der Waals surface area contributed by atoms with Gasteiger partial charge in [0.15, 0.2) is 5.16 Å². The number of amides is 2. The van der Waals surface area contributed by atoms with Gasteiger partial charge in [-0.2, -0.15) is 0 Å². The van der Waals surface area contributed by atoms with Gasteiger partial charge in [-0.1, -0.05) is 17.8 Å². The fourth-order valence-corrected chi connectivity index (χ4v) is 5.30. The molecule has 2 fully saturated rings. The van der Waals surface area contributed by atoms with Gasteiger partial charge in [-0.05, 0) is 50.5 Å². The van der Waals surface area contributed by atoms with E-state index in [0.29, 0.717) is 19.1 Å². The molecule has 1 aliphatic heterocycles. The normalized spacial score (nSPS) is 16.4. The molecule has 2 aromatic rings. The van der Waals surface area contributed by atoms with Crippen molar-refractivity contribution in [3.63, 3.8) is 0 Å². The first-order chi connectivity index (χ1) is 15.2. The van der Waals surface area contributed by atoms with Crippen molar-refractivity contribution in [3.05, 3.63) is 22.4 Å². The van der Waals surface area contributed by atoms with E-state index >= 15 is 0 Å². The molecule has 1 aliphatic carbocycles. The van der Waals surface area contributed by atoms with Crippen molar-refractivity contribution in [2.75, 3.05) is 36.8 Å². The van der Waals surface area contributed by atoms with Crippen molar-refractivity contribution >= 4 is 40.9 Å². The number of thiophene rings is 1. The average molecular weight is 463 g/mol. The maximum Gasteiger partial charge on any atom is 0.239 e. The Hall–Kier alpha value is -2.07. The summed E-state index contributed by atoms with van der Waals surface area (Å²) >= 11 is 3.04. The predicted octanol–water partition coefficient (Wildman–Crippen LogP) is 2.92. The van der Waals surface area contributed by atoms with E-state index in [0.717, 1.165) is 41.9 Å². The summed E-state index contributed by atoms with van der Waals surface area (Å²) in [7, 11) is 0. The first kappa shape index (κ1) is 22.1. The lowest BCUT2D eigenvalue weighted by Crippen LogP contribution is -2.41. The molecule has 2 aliphatic rings. The van der Waals surface area contributed by atoms with Crippen LogP contribution in [0.5, 0.6) is 0 Å². The van der Waals surface area contributed by atoms with Gasteiger partial charge in [0.25, 0.3) is 0 Å². The van der Waals surface area contributed by atoms with Crippen LogP contribution in [0.4, 0.5) is 5.95 Å². The number of thioether (sulfide) groups is 1. The summed E-state index contributed by atoms with van der Waals surface area (Å²) in [6.07, 6.45) is 5.95. The quantitative estimate of drug-likeness (QED) is 0.547. The smallest absolute Gasteiger partial charge is 0.239 e. The van der Waals surface area contributed by atoms with E-state index in [1.165, 1.54) is 31.0 Å². The second kappa shape index (κ2) is 10.5. The lowest BCUT2D eigenvalue weighted by Gasteiger charge is -2.27. The summed E-state index contributed by atoms with van der Waals surface area (Å²) in [6.45, 7) is 5.03. The van der Waals surface area contributed by atoms with Crippen molar-refractivity contribution < 1.29 is 9.59 Å². The number of anilines is 1. The number of hydrogen-bond acceptors (Lipinski definition) is 7. The standard InChI is InChI=1S/C21H30N6O2S2/c1-2-25(14-18(28)22-13-17-7-6-12-30-17)19(29)15-31-21-24-23-20(27(21)16-8-9-16)26-10-4-3-5-11-26/h6-7,12,16H,2-5,8-11,13-15H2,1H3,(H,22,28). The van der Waals surface area contributed by atoms with E-state index in [1.54, 1.807) is 16.2 Å². The minimum Gasteiger partial charge on any atom is -0.350 e. The minimum absolute atomic E-state index is 0.0522. The molecule has 2 amide bonds. The highest BCUT2D eigenvalue weighted by atomic mass is 32.2. The topological polar surface area (TPSA) is 83.4 Å².